The van der Waals surface area contributed by atoms with Crippen LogP contribution in [0, 0.1) is 12.7 Å². The highest BCUT2D eigenvalue weighted by atomic mass is 19.1. The molecule has 0 aromatic heterocycles. The van der Waals surface area contributed by atoms with Gasteiger partial charge in [0, 0.05) is 12.0 Å². The summed E-state index contributed by atoms with van der Waals surface area (Å²) in [5, 5.41) is 9.18. The third kappa shape index (κ3) is 2.50. The maximum Gasteiger partial charge on any atom is 0.335 e. The molecule has 0 amide bonds. The molecule has 0 atom stereocenters. The molecule has 2 rings (SSSR count). The molecule has 1 aliphatic carbocycles. The molecule has 1 saturated carbocycles. The number of aryl methyl sites for hydroxylation is 1. The van der Waals surface area contributed by atoms with Gasteiger partial charge in [0.25, 0.3) is 0 Å². The van der Waals surface area contributed by atoms with Gasteiger partial charge in [-0.15, -0.1) is 0 Å². The van der Waals surface area contributed by atoms with Crippen molar-refractivity contribution in [2.24, 2.45) is 5.73 Å². The number of rotatable bonds is 3. The molecule has 104 valence electrons. The molecule has 0 radical (unpaired) electrons. The van der Waals surface area contributed by atoms with Crippen molar-refractivity contribution in [2.75, 3.05) is 6.54 Å². The van der Waals surface area contributed by atoms with E-state index >= 15 is 0 Å². The van der Waals surface area contributed by atoms with E-state index in [9.17, 15) is 14.3 Å². The number of halogens is 1. The van der Waals surface area contributed by atoms with E-state index in [1.165, 1.54) is 12.1 Å². The van der Waals surface area contributed by atoms with Crippen LogP contribution in [0.4, 0.5) is 4.39 Å². The fourth-order valence-electron chi connectivity index (χ4n) is 3.12. The normalized spacial score (nSPS) is 18.3. The Morgan fingerprint density at radius 2 is 2.00 bits per heavy atom. The highest BCUT2D eigenvalue weighted by molar-refractivity contribution is 5.89. The first kappa shape index (κ1) is 14.0. The summed E-state index contributed by atoms with van der Waals surface area (Å²) < 4.78 is 14.3. The lowest BCUT2D eigenvalue weighted by Gasteiger charge is -2.37. The summed E-state index contributed by atoms with van der Waals surface area (Å²) >= 11 is 0. The molecule has 4 heteroatoms. The Bertz CT molecular complexity index is 493. The standard InChI is InChI=1S/C15H20FNO2/c1-10-7-13(16)12(8-11(10)14(18)19)15(9-17)5-3-2-4-6-15/h7-8H,2-6,9,17H2,1H3,(H,18,19). The van der Waals surface area contributed by atoms with Gasteiger partial charge in [-0.3, -0.25) is 0 Å². The number of aromatic carboxylic acids is 1. The van der Waals surface area contributed by atoms with Crippen molar-refractivity contribution in [1.82, 2.24) is 0 Å². The number of carboxylic acid groups (broad SMARTS) is 1. The van der Waals surface area contributed by atoms with Gasteiger partial charge in [-0.25, -0.2) is 9.18 Å². The molecule has 3 nitrogen and oxygen atoms in total. The van der Waals surface area contributed by atoms with Gasteiger partial charge in [0.05, 0.1) is 5.56 Å². The van der Waals surface area contributed by atoms with Crippen molar-refractivity contribution in [1.29, 1.82) is 0 Å². The molecular weight excluding hydrogens is 245 g/mol. The molecule has 0 spiro atoms. The minimum Gasteiger partial charge on any atom is -0.478 e. The van der Waals surface area contributed by atoms with Gasteiger partial charge in [-0.1, -0.05) is 19.3 Å². The highest BCUT2D eigenvalue weighted by Crippen LogP contribution is 2.40. The van der Waals surface area contributed by atoms with E-state index in [0.717, 1.165) is 32.1 Å². The Labute approximate surface area is 112 Å². The van der Waals surface area contributed by atoms with Gasteiger partial charge in [0.2, 0.25) is 0 Å². The van der Waals surface area contributed by atoms with Crippen molar-refractivity contribution in [3.05, 3.63) is 34.6 Å². The van der Waals surface area contributed by atoms with Gasteiger partial charge in [-0.2, -0.15) is 0 Å². The summed E-state index contributed by atoms with van der Waals surface area (Å²) in [6.07, 6.45) is 4.85. The van der Waals surface area contributed by atoms with E-state index in [1.54, 1.807) is 6.92 Å². The van der Waals surface area contributed by atoms with Crippen LogP contribution in [-0.4, -0.2) is 17.6 Å². The summed E-state index contributed by atoms with van der Waals surface area (Å²) in [6, 6.07) is 2.82. The summed E-state index contributed by atoms with van der Waals surface area (Å²) in [7, 11) is 0. The van der Waals surface area contributed by atoms with Crippen LogP contribution >= 0.6 is 0 Å². The molecule has 1 aromatic carbocycles. The van der Waals surface area contributed by atoms with Gasteiger partial charge in [0.15, 0.2) is 0 Å². The van der Waals surface area contributed by atoms with Gasteiger partial charge >= 0.3 is 5.97 Å². The smallest absolute Gasteiger partial charge is 0.335 e. The van der Waals surface area contributed by atoms with Crippen molar-refractivity contribution in [2.45, 2.75) is 44.4 Å². The number of carbonyl (C=O) groups is 1. The fraction of sp³-hybridized carbons (Fsp3) is 0.533. The van der Waals surface area contributed by atoms with E-state index in [2.05, 4.69) is 0 Å². The molecule has 0 saturated heterocycles. The second-order valence-corrected chi connectivity index (χ2v) is 5.50. The van der Waals surface area contributed by atoms with Crippen LogP contribution in [0.15, 0.2) is 12.1 Å². The van der Waals surface area contributed by atoms with Gasteiger partial charge in [-0.05, 0) is 43.0 Å². The Morgan fingerprint density at radius 1 is 1.37 bits per heavy atom. The van der Waals surface area contributed by atoms with Gasteiger partial charge < -0.3 is 10.8 Å². The molecule has 0 aliphatic heterocycles. The first-order valence-electron chi connectivity index (χ1n) is 6.74. The van der Waals surface area contributed by atoms with Crippen LogP contribution in [0.1, 0.15) is 53.6 Å². The van der Waals surface area contributed by atoms with E-state index in [1.807, 2.05) is 0 Å². The molecular formula is C15H20FNO2. The Morgan fingerprint density at radius 3 is 2.53 bits per heavy atom. The number of hydrogen-bond donors (Lipinski definition) is 2. The van der Waals surface area contributed by atoms with Crippen LogP contribution in [0.5, 0.6) is 0 Å². The summed E-state index contributed by atoms with van der Waals surface area (Å²) in [5.41, 5.74) is 6.62. The number of hydrogen-bond acceptors (Lipinski definition) is 2. The van der Waals surface area contributed by atoms with Crippen molar-refractivity contribution in [3.8, 4) is 0 Å². The first-order chi connectivity index (χ1) is 9.00. The van der Waals surface area contributed by atoms with Crippen LogP contribution in [0.25, 0.3) is 0 Å². The number of nitrogens with two attached hydrogens (primary N) is 1. The van der Waals surface area contributed by atoms with Crippen LogP contribution in [0.3, 0.4) is 0 Å². The monoisotopic (exact) mass is 265 g/mol. The zero-order chi connectivity index (χ0) is 14.0. The predicted molar refractivity (Wildman–Crippen MR) is 71.9 cm³/mol. The number of benzene rings is 1. The van der Waals surface area contributed by atoms with E-state index in [-0.39, 0.29) is 16.8 Å². The van der Waals surface area contributed by atoms with Crippen LogP contribution < -0.4 is 5.73 Å². The van der Waals surface area contributed by atoms with Crippen molar-refractivity contribution < 1.29 is 14.3 Å². The Hall–Kier alpha value is -1.42. The second-order valence-electron chi connectivity index (χ2n) is 5.50. The van der Waals surface area contributed by atoms with Crippen LogP contribution in [0.2, 0.25) is 0 Å². The predicted octanol–water partition coefficient (Wildman–Crippen LogP) is 2.99. The van der Waals surface area contributed by atoms with E-state index in [4.69, 9.17) is 5.73 Å². The molecule has 19 heavy (non-hydrogen) atoms. The molecule has 3 N–H and O–H groups in total. The lowest BCUT2D eigenvalue weighted by Crippen LogP contribution is -2.38. The minimum absolute atomic E-state index is 0.176. The SMILES string of the molecule is Cc1cc(F)c(C2(CN)CCCCC2)cc1C(=O)O. The molecule has 1 fully saturated rings. The average Bonchev–Trinajstić information content (AvgIpc) is 2.39. The molecule has 1 aromatic rings. The van der Waals surface area contributed by atoms with Crippen LogP contribution in [-0.2, 0) is 5.41 Å². The maximum absolute atomic E-state index is 14.3. The zero-order valence-electron chi connectivity index (χ0n) is 11.2. The quantitative estimate of drug-likeness (QED) is 0.883. The first-order valence-corrected chi connectivity index (χ1v) is 6.74. The molecule has 0 bridgehead atoms. The molecule has 0 unspecified atom stereocenters. The van der Waals surface area contributed by atoms with Crippen molar-refractivity contribution >= 4 is 5.97 Å². The zero-order valence-corrected chi connectivity index (χ0v) is 11.2. The minimum atomic E-state index is -1.01. The summed E-state index contributed by atoms with van der Waals surface area (Å²) in [4.78, 5) is 11.2. The lowest BCUT2D eigenvalue weighted by molar-refractivity contribution is 0.0695. The highest BCUT2D eigenvalue weighted by Gasteiger charge is 2.35. The van der Waals surface area contributed by atoms with E-state index < -0.39 is 5.97 Å². The largest absolute Gasteiger partial charge is 0.478 e. The molecule has 1 aliphatic rings. The molecule has 0 heterocycles. The Kier molecular flexibility index (Phi) is 3.90. The third-order valence-electron chi connectivity index (χ3n) is 4.32. The van der Waals surface area contributed by atoms with E-state index in [0.29, 0.717) is 17.7 Å². The summed E-state index contributed by atoms with van der Waals surface area (Å²) in [6.45, 7) is 1.98. The average molecular weight is 265 g/mol. The fourth-order valence-corrected chi connectivity index (χ4v) is 3.12. The summed E-state index contributed by atoms with van der Waals surface area (Å²) in [5.74, 6) is -1.34. The van der Waals surface area contributed by atoms with Crippen molar-refractivity contribution in [3.63, 3.8) is 0 Å². The third-order valence-corrected chi connectivity index (χ3v) is 4.32. The van der Waals surface area contributed by atoms with Gasteiger partial charge in [0.1, 0.15) is 5.82 Å². The topological polar surface area (TPSA) is 63.3 Å². The number of carboxylic acids is 1. The lowest BCUT2D eigenvalue weighted by atomic mass is 9.69. The Balaban J connectivity index is 2.53. The maximum atomic E-state index is 14.3. The second kappa shape index (κ2) is 5.29.